The van der Waals surface area contributed by atoms with E-state index in [2.05, 4.69) is 13.8 Å². The molecule has 1 aliphatic heterocycles. The third kappa shape index (κ3) is 1.84. The first-order chi connectivity index (χ1) is 6.73. The predicted octanol–water partition coefficient (Wildman–Crippen LogP) is 3.77. The van der Waals surface area contributed by atoms with Gasteiger partial charge in [-0.15, -0.1) is 0 Å². The van der Waals surface area contributed by atoms with Crippen molar-refractivity contribution in [1.29, 1.82) is 0 Å². The van der Waals surface area contributed by atoms with Gasteiger partial charge in [-0.1, -0.05) is 33.1 Å². The van der Waals surface area contributed by atoms with Crippen LogP contribution < -0.4 is 0 Å². The molecule has 14 heavy (non-hydrogen) atoms. The fraction of sp³-hybridized carbons (Fsp3) is 1.00. The molecular weight excluding hydrogens is 172 g/mol. The standard InChI is InChI=1S/C13H24O/c1-11-7-3-5-9-13(11,2)12-8-4-6-10-14-12/h11-12H,3-10H2,1-2H3. The summed E-state index contributed by atoms with van der Waals surface area (Å²) in [4.78, 5) is 0. The van der Waals surface area contributed by atoms with Gasteiger partial charge in [0.2, 0.25) is 0 Å². The van der Waals surface area contributed by atoms with Gasteiger partial charge < -0.3 is 4.74 Å². The molecule has 1 heteroatoms. The smallest absolute Gasteiger partial charge is 0.0631 e. The Morgan fingerprint density at radius 1 is 1.07 bits per heavy atom. The van der Waals surface area contributed by atoms with E-state index in [9.17, 15) is 0 Å². The number of hydrogen-bond acceptors (Lipinski definition) is 1. The largest absolute Gasteiger partial charge is 0.378 e. The third-order valence-corrected chi connectivity index (χ3v) is 4.64. The fourth-order valence-corrected chi connectivity index (χ4v) is 3.27. The minimum Gasteiger partial charge on any atom is -0.378 e. The van der Waals surface area contributed by atoms with E-state index in [0.29, 0.717) is 11.5 Å². The molecule has 3 atom stereocenters. The summed E-state index contributed by atoms with van der Waals surface area (Å²) in [6, 6.07) is 0. The van der Waals surface area contributed by atoms with Gasteiger partial charge in [0.25, 0.3) is 0 Å². The molecule has 3 unspecified atom stereocenters. The molecule has 82 valence electrons. The lowest BCUT2D eigenvalue weighted by Gasteiger charge is -2.46. The van der Waals surface area contributed by atoms with Crippen molar-refractivity contribution in [2.24, 2.45) is 11.3 Å². The molecule has 0 amide bonds. The third-order valence-electron chi connectivity index (χ3n) is 4.64. The van der Waals surface area contributed by atoms with E-state index in [4.69, 9.17) is 4.74 Å². The highest BCUT2D eigenvalue weighted by atomic mass is 16.5. The van der Waals surface area contributed by atoms with Crippen molar-refractivity contribution < 1.29 is 4.74 Å². The quantitative estimate of drug-likeness (QED) is 0.620. The van der Waals surface area contributed by atoms with Gasteiger partial charge in [-0.3, -0.25) is 0 Å². The van der Waals surface area contributed by atoms with Crippen LogP contribution in [0.25, 0.3) is 0 Å². The highest BCUT2D eigenvalue weighted by molar-refractivity contribution is 4.91. The Kier molecular flexibility index (Phi) is 3.16. The zero-order valence-electron chi connectivity index (χ0n) is 9.72. The van der Waals surface area contributed by atoms with Crippen molar-refractivity contribution in [3.05, 3.63) is 0 Å². The van der Waals surface area contributed by atoms with Crippen LogP contribution in [0.3, 0.4) is 0 Å². The van der Waals surface area contributed by atoms with E-state index < -0.39 is 0 Å². The second-order valence-corrected chi connectivity index (χ2v) is 5.51. The first-order valence-electron chi connectivity index (χ1n) is 6.35. The lowest BCUT2D eigenvalue weighted by molar-refractivity contribution is -0.0973. The van der Waals surface area contributed by atoms with Gasteiger partial charge in [-0.2, -0.15) is 0 Å². The fourth-order valence-electron chi connectivity index (χ4n) is 3.27. The van der Waals surface area contributed by atoms with E-state index in [1.165, 1.54) is 44.9 Å². The van der Waals surface area contributed by atoms with E-state index >= 15 is 0 Å². The van der Waals surface area contributed by atoms with Gasteiger partial charge in [-0.25, -0.2) is 0 Å². The maximum atomic E-state index is 5.99. The first kappa shape index (κ1) is 10.5. The second-order valence-electron chi connectivity index (χ2n) is 5.51. The summed E-state index contributed by atoms with van der Waals surface area (Å²) in [6.45, 7) is 5.90. The summed E-state index contributed by atoms with van der Waals surface area (Å²) in [6.07, 6.45) is 10.2. The van der Waals surface area contributed by atoms with Gasteiger partial charge in [0, 0.05) is 6.61 Å². The highest BCUT2D eigenvalue weighted by Gasteiger charge is 2.41. The van der Waals surface area contributed by atoms with Gasteiger partial charge in [0.15, 0.2) is 0 Å². The molecule has 2 aliphatic rings. The van der Waals surface area contributed by atoms with Crippen molar-refractivity contribution in [1.82, 2.24) is 0 Å². The van der Waals surface area contributed by atoms with Crippen LogP contribution in [-0.4, -0.2) is 12.7 Å². The molecule has 1 heterocycles. The Morgan fingerprint density at radius 3 is 2.50 bits per heavy atom. The van der Waals surface area contributed by atoms with E-state index in [-0.39, 0.29) is 0 Å². The van der Waals surface area contributed by atoms with Crippen molar-refractivity contribution in [3.8, 4) is 0 Å². The summed E-state index contributed by atoms with van der Waals surface area (Å²) >= 11 is 0. The van der Waals surface area contributed by atoms with Gasteiger partial charge in [0.1, 0.15) is 0 Å². The van der Waals surface area contributed by atoms with Crippen LogP contribution in [0.5, 0.6) is 0 Å². The summed E-state index contributed by atoms with van der Waals surface area (Å²) in [7, 11) is 0. The van der Waals surface area contributed by atoms with Crippen molar-refractivity contribution in [3.63, 3.8) is 0 Å². The van der Waals surface area contributed by atoms with Crippen molar-refractivity contribution >= 4 is 0 Å². The summed E-state index contributed by atoms with van der Waals surface area (Å²) in [5.41, 5.74) is 0.485. The minimum absolute atomic E-state index is 0.485. The molecule has 0 spiro atoms. The Morgan fingerprint density at radius 2 is 1.86 bits per heavy atom. The molecule has 0 aromatic heterocycles. The molecule has 2 fully saturated rings. The van der Waals surface area contributed by atoms with Crippen LogP contribution in [0.2, 0.25) is 0 Å². The normalized spacial score (nSPS) is 45.0. The zero-order chi connectivity index (χ0) is 10.0. The SMILES string of the molecule is CC1CCCCC1(C)C1CCCCO1. The first-order valence-corrected chi connectivity index (χ1v) is 6.35. The maximum absolute atomic E-state index is 5.99. The Hall–Kier alpha value is -0.0400. The van der Waals surface area contributed by atoms with Crippen LogP contribution in [-0.2, 0) is 4.74 Å². The van der Waals surface area contributed by atoms with E-state index in [1.807, 2.05) is 0 Å². The van der Waals surface area contributed by atoms with E-state index in [0.717, 1.165) is 12.5 Å². The van der Waals surface area contributed by atoms with Gasteiger partial charge in [-0.05, 0) is 37.0 Å². The molecule has 1 nitrogen and oxygen atoms in total. The van der Waals surface area contributed by atoms with Crippen LogP contribution in [0.4, 0.5) is 0 Å². The van der Waals surface area contributed by atoms with Crippen LogP contribution in [0, 0.1) is 11.3 Å². The molecule has 0 aromatic carbocycles. The van der Waals surface area contributed by atoms with Gasteiger partial charge in [0.05, 0.1) is 6.10 Å². The summed E-state index contributed by atoms with van der Waals surface area (Å²) < 4.78 is 5.99. The maximum Gasteiger partial charge on any atom is 0.0631 e. The highest BCUT2D eigenvalue weighted by Crippen LogP contribution is 2.46. The monoisotopic (exact) mass is 196 g/mol. The minimum atomic E-state index is 0.485. The molecular formula is C13H24O. The molecule has 1 saturated carbocycles. The summed E-state index contributed by atoms with van der Waals surface area (Å²) in [5, 5.41) is 0. The molecule has 1 saturated heterocycles. The van der Waals surface area contributed by atoms with Crippen molar-refractivity contribution in [2.75, 3.05) is 6.61 Å². The number of hydrogen-bond donors (Lipinski definition) is 0. The van der Waals surface area contributed by atoms with Crippen molar-refractivity contribution in [2.45, 2.75) is 64.9 Å². The summed E-state index contributed by atoms with van der Waals surface area (Å²) in [5.74, 6) is 0.861. The van der Waals surface area contributed by atoms with E-state index in [1.54, 1.807) is 0 Å². The average molecular weight is 196 g/mol. The van der Waals surface area contributed by atoms with Crippen LogP contribution >= 0.6 is 0 Å². The van der Waals surface area contributed by atoms with Crippen LogP contribution in [0.1, 0.15) is 58.8 Å². The topological polar surface area (TPSA) is 9.23 Å². The molecule has 0 aromatic rings. The lowest BCUT2D eigenvalue weighted by Crippen LogP contribution is -2.43. The van der Waals surface area contributed by atoms with Gasteiger partial charge >= 0.3 is 0 Å². The predicted molar refractivity (Wildman–Crippen MR) is 59.3 cm³/mol. The van der Waals surface area contributed by atoms with Crippen LogP contribution in [0.15, 0.2) is 0 Å². The molecule has 0 radical (unpaired) electrons. The lowest BCUT2D eigenvalue weighted by atomic mass is 9.64. The molecule has 0 bridgehead atoms. The Balaban J connectivity index is 2.03. The Labute approximate surface area is 88.2 Å². The Bertz CT molecular complexity index is 184. The number of rotatable bonds is 1. The molecule has 0 N–H and O–H groups in total. The number of ether oxygens (including phenoxy) is 1. The molecule has 2 rings (SSSR count). The zero-order valence-corrected chi connectivity index (χ0v) is 9.72. The second kappa shape index (κ2) is 4.22. The molecule has 1 aliphatic carbocycles. The average Bonchev–Trinajstić information content (AvgIpc) is 2.24.